The quantitative estimate of drug-likeness (QED) is 0.383. The second kappa shape index (κ2) is 10.5. The molecule has 13 heteroatoms. The molecule has 2 heterocycles. The Hall–Kier alpha value is -2.89. The zero-order valence-electron chi connectivity index (χ0n) is 19.9. The average Bonchev–Trinajstić information content (AvgIpc) is 3.58. The Kier molecular flexibility index (Phi) is 7.68. The summed E-state index contributed by atoms with van der Waals surface area (Å²) in [7, 11) is 0. The van der Waals surface area contributed by atoms with Crippen molar-refractivity contribution in [2.24, 2.45) is 5.92 Å². The van der Waals surface area contributed by atoms with Crippen LogP contribution in [0.15, 0.2) is 18.2 Å². The Morgan fingerprint density at radius 3 is 2.51 bits per heavy atom. The van der Waals surface area contributed by atoms with E-state index in [-0.39, 0.29) is 16.9 Å². The number of carboxylic acid groups (broad SMARTS) is 1. The molecule has 2 aromatic rings. The van der Waals surface area contributed by atoms with Gasteiger partial charge in [-0.3, -0.25) is 9.48 Å². The number of piperidine rings is 1. The molecule has 0 radical (unpaired) electrons. The fourth-order valence-corrected chi connectivity index (χ4v) is 5.10. The molecule has 37 heavy (non-hydrogen) atoms. The van der Waals surface area contributed by atoms with E-state index in [1.165, 1.54) is 12.1 Å². The van der Waals surface area contributed by atoms with Crippen molar-refractivity contribution < 1.29 is 36.6 Å². The number of benzene rings is 1. The summed E-state index contributed by atoms with van der Waals surface area (Å²) in [5.74, 6) is -2.49. The molecular weight excluding hydrogens is 523 g/mol. The third-order valence-corrected chi connectivity index (χ3v) is 7.01. The summed E-state index contributed by atoms with van der Waals surface area (Å²) in [5.41, 5.74) is -1.36. The molecule has 1 aromatic carbocycles. The Bertz CT molecular complexity index is 1180. The topological polar surface area (TPSA) is 87.5 Å². The van der Waals surface area contributed by atoms with Gasteiger partial charge < -0.3 is 15.3 Å². The van der Waals surface area contributed by atoms with Crippen molar-refractivity contribution >= 4 is 34.9 Å². The molecule has 7 nitrogen and oxygen atoms in total. The van der Waals surface area contributed by atoms with Gasteiger partial charge >= 0.3 is 12.1 Å². The first-order valence-corrected chi connectivity index (χ1v) is 12.3. The van der Waals surface area contributed by atoms with Gasteiger partial charge in [0.25, 0.3) is 0 Å². The third-order valence-electron chi connectivity index (χ3n) is 6.63. The number of halogens is 6. The maximum atomic E-state index is 13.5. The lowest BCUT2D eigenvalue weighted by Crippen LogP contribution is -2.34. The van der Waals surface area contributed by atoms with Crippen molar-refractivity contribution in [1.29, 1.82) is 0 Å². The summed E-state index contributed by atoms with van der Waals surface area (Å²) in [6, 6.07) is 2.52. The normalized spacial score (nSPS) is 19.2. The number of hydrogen-bond donors (Lipinski definition) is 2. The van der Waals surface area contributed by atoms with Gasteiger partial charge in [0.05, 0.1) is 22.0 Å². The maximum absolute atomic E-state index is 13.5. The van der Waals surface area contributed by atoms with Crippen LogP contribution in [0.1, 0.15) is 72.7 Å². The lowest BCUT2D eigenvalue weighted by atomic mass is 9.99. The summed E-state index contributed by atoms with van der Waals surface area (Å²) < 4.78 is 68.0. The smallest absolute Gasteiger partial charge is 0.436 e. The van der Waals surface area contributed by atoms with Crippen LogP contribution in [-0.4, -0.2) is 46.3 Å². The molecule has 2 atom stereocenters. The molecule has 1 aliphatic heterocycles. The van der Waals surface area contributed by atoms with Crippen molar-refractivity contribution in [2.45, 2.75) is 63.6 Å². The average molecular weight is 549 g/mol. The largest absolute Gasteiger partial charge is 0.478 e. The first kappa shape index (κ1) is 27.2. The van der Waals surface area contributed by atoms with Gasteiger partial charge in [-0.25, -0.2) is 13.6 Å². The Balaban J connectivity index is 1.67. The van der Waals surface area contributed by atoms with E-state index in [9.17, 15) is 36.6 Å². The van der Waals surface area contributed by atoms with Crippen LogP contribution in [0.5, 0.6) is 0 Å². The molecule has 4 rings (SSSR count). The monoisotopic (exact) mass is 548 g/mol. The molecule has 2 aliphatic rings. The van der Waals surface area contributed by atoms with Gasteiger partial charge in [-0.05, 0) is 49.8 Å². The number of aromatic nitrogens is 2. The number of aromatic carboxylic acids is 1. The summed E-state index contributed by atoms with van der Waals surface area (Å²) in [4.78, 5) is 27.2. The van der Waals surface area contributed by atoms with Crippen molar-refractivity contribution in [1.82, 2.24) is 9.78 Å². The van der Waals surface area contributed by atoms with Crippen molar-refractivity contribution in [3.05, 3.63) is 40.2 Å². The van der Waals surface area contributed by atoms with Crippen LogP contribution in [0.2, 0.25) is 5.02 Å². The molecule has 1 aliphatic carbocycles. The van der Waals surface area contributed by atoms with Crippen LogP contribution in [-0.2, 0) is 11.0 Å². The second-order valence-corrected chi connectivity index (χ2v) is 10.0. The van der Waals surface area contributed by atoms with Gasteiger partial charge in [-0.2, -0.15) is 18.3 Å². The van der Waals surface area contributed by atoms with E-state index in [1.807, 2.05) is 4.90 Å². The lowest BCUT2D eigenvalue weighted by molar-refractivity contribution is -0.141. The highest BCUT2D eigenvalue weighted by Crippen LogP contribution is 2.48. The second-order valence-electron chi connectivity index (χ2n) is 9.62. The molecule has 202 valence electrons. The molecular formula is C24H26ClF5N4O3. The number of carbonyl (C=O) groups excluding carboxylic acids is 1. The first-order chi connectivity index (χ1) is 17.4. The Morgan fingerprint density at radius 2 is 1.95 bits per heavy atom. The van der Waals surface area contributed by atoms with Gasteiger partial charge in [0.2, 0.25) is 12.3 Å². The molecule has 1 aromatic heterocycles. The predicted molar refractivity (Wildman–Crippen MR) is 127 cm³/mol. The summed E-state index contributed by atoms with van der Waals surface area (Å²) in [5, 5.41) is 14.8. The van der Waals surface area contributed by atoms with E-state index >= 15 is 0 Å². The lowest BCUT2D eigenvalue weighted by Gasteiger charge is -2.33. The highest BCUT2D eigenvalue weighted by molar-refractivity contribution is 6.32. The van der Waals surface area contributed by atoms with Crippen LogP contribution in [0.3, 0.4) is 0 Å². The standard InChI is InChI=1S/C24H26ClF5N4O3/c1-12-3-2-8-33(11-12)14-6-7-16(15(9-14)23(36)37)31-22(35)17(10-18(26)27)34-20(13-4-5-13)19(25)21(32-34)24(28,29)30/h6-7,9,12-13,17-18H,2-5,8,10-11H2,1H3,(H,31,35)(H,36,37)/t12-,17+/m1/s1. The fourth-order valence-electron chi connectivity index (χ4n) is 4.71. The van der Waals surface area contributed by atoms with E-state index in [4.69, 9.17) is 11.6 Å². The van der Waals surface area contributed by atoms with Crippen LogP contribution in [0.4, 0.5) is 33.3 Å². The molecule has 2 N–H and O–H groups in total. The third kappa shape index (κ3) is 6.00. The number of hydrogen-bond acceptors (Lipinski definition) is 4. The summed E-state index contributed by atoms with van der Waals surface area (Å²) in [6.07, 6.45) is -6.19. The van der Waals surface area contributed by atoms with E-state index in [1.54, 1.807) is 6.07 Å². The molecule has 0 unspecified atom stereocenters. The minimum absolute atomic E-state index is 0.122. The first-order valence-electron chi connectivity index (χ1n) is 11.9. The van der Waals surface area contributed by atoms with Gasteiger partial charge in [-0.15, -0.1) is 0 Å². The molecule has 0 bridgehead atoms. The molecule has 1 saturated carbocycles. The molecule has 1 amide bonds. The summed E-state index contributed by atoms with van der Waals surface area (Å²) in [6.45, 7) is 3.55. The number of anilines is 2. The van der Waals surface area contributed by atoms with Crippen molar-refractivity contribution in [3.8, 4) is 0 Å². The summed E-state index contributed by atoms with van der Waals surface area (Å²) >= 11 is 5.96. The molecule has 2 fully saturated rings. The van der Waals surface area contributed by atoms with E-state index in [2.05, 4.69) is 17.3 Å². The number of nitrogens with zero attached hydrogens (tertiary/aromatic N) is 3. The minimum Gasteiger partial charge on any atom is -0.478 e. The van der Waals surface area contributed by atoms with E-state index < -0.39 is 53.6 Å². The van der Waals surface area contributed by atoms with Crippen molar-refractivity contribution in [2.75, 3.05) is 23.3 Å². The zero-order chi connectivity index (χ0) is 27.1. The zero-order valence-corrected chi connectivity index (χ0v) is 20.6. The SMILES string of the molecule is C[C@@H]1CCCN(c2ccc(NC(=O)[C@H](CC(F)F)n3nc(C(F)(F)F)c(Cl)c3C3CC3)c(C(=O)O)c2)C1. The van der Waals surface area contributed by atoms with Gasteiger partial charge in [-0.1, -0.05) is 18.5 Å². The van der Waals surface area contributed by atoms with Crippen molar-refractivity contribution in [3.63, 3.8) is 0 Å². The number of nitrogens with one attached hydrogen (secondary N) is 1. The highest BCUT2D eigenvalue weighted by atomic mass is 35.5. The van der Waals surface area contributed by atoms with Gasteiger partial charge in [0, 0.05) is 31.1 Å². The number of rotatable bonds is 8. The number of amides is 1. The molecule has 0 spiro atoms. The van der Waals surface area contributed by atoms with Gasteiger partial charge in [0.1, 0.15) is 6.04 Å². The Morgan fingerprint density at radius 1 is 1.24 bits per heavy atom. The minimum atomic E-state index is -4.95. The number of carboxylic acids is 1. The van der Waals surface area contributed by atoms with E-state index in [0.29, 0.717) is 29.1 Å². The van der Waals surface area contributed by atoms with Crippen LogP contribution >= 0.6 is 11.6 Å². The maximum Gasteiger partial charge on any atom is 0.436 e. The fraction of sp³-hybridized carbons (Fsp3) is 0.542. The highest BCUT2D eigenvalue weighted by Gasteiger charge is 2.44. The van der Waals surface area contributed by atoms with Crippen LogP contribution in [0.25, 0.3) is 0 Å². The Labute approximate surface area is 214 Å². The number of alkyl halides is 5. The van der Waals surface area contributed by atoms with Crippen LogP contribution in [0, 0.1) is 5.92 Å². The predicted octanol–water partition coefficient (Wildman–Crippen LogP) is 6.20. The molecule has 1 saturated heterocycles. The van der Waals surface area contributed by atoms with Crippen LogP contribution < -0.4 is 10.2 Å². The van der Waals surface area contributed by atoms with Gasteiger partial charge in [0.15, 0.2) is 5.69 Å². The number of carbonyl (C=O) groups is 2. The van der Waals surface area contributed by atoms with E-state index in [0.717, 1.165) is 25.9 Å².